The van der Waals surface area contributed by atoms with Crippen molar-refractivity contribution in [3.63, 3.8) is 0 Å². The van der Waals surface area contributed by atoms with Gasteiger partial charge in [-0.3, -0.25) is 23.7 Å². The number of hydrogen-bond donors (Lipinski definition) is 0. The molecule has 0 aromatic carbocycles. The Bertz CT molecular complexity index is 1620. The van der Waals surface area contributed by atoms with Crippen molar-refractivity contribution in [2.24, 2.45) is 0 Å². The molecule has 0 atom stereocenters. The first-order valence-corrected chi connectivity index (χ1v) is 12.2. The van der Waals surface area contributed by atoms with Gasteiger partial charge in [-0.15, -0.1) is 0 Å². The van der Waals surface area contributed by atoms with Crippen LogP contribution in [-0.4, -0.2) is 19.1 Å². The standard InChI is InChI=1S/C27H25Cl2FN4O3/c1-15-12-32-23(33-8-6-7-18(25(33)35)27(3,4)5)11-21(15)34-16(2)9-22(24(29)26(34)36)37-14-20-19(28)10-17(30)13-31-20/h6-13H,14H2,1-5H3. The van der Waals surface area contributed by atoms with E-state index in [1.807, 2.05) is 27.7 Å². The molecule has 0 bridgehead atoms. The molecule has 4 aromatic heterocycles. The minimum atomic E-state index is -0.565. The predicted octanol–water partition coefficient (Wildman–Crippen LogP) is 5.72. The molecule has 0 fully saturated rings. The molecule has 0 N–H and O–H groups in total. The molecule has 192 valence electrons. The van der Waals surface area contributed by atoms with Crippen LogP contribution in [0.15, 0.2) is 58.5 Å². The lowest BCUT2D eigenvalue weighted by molar-refractivity contribution is 0.300. The second-order valence-electron chi connectivity index (χ2n) is 9.65. The third kappa shape index (κ3) is 5.31. The van der Waals surface area contributed by atoms with Crippen molar-refractivity contribution in [2.45, 2.75) is 46.6 Å². The smallest absolute Gasteiger partial charge is 0.277 e. The van der Waals surface area contributed by atoms with Gasteiger partial charge in [0.1, 0.15) is 29.0 Å². The van der Waals surface area contributed by atoms with Crippen molar-refractivity contribution in [1.29, 1.82) is 0 Å². The number of rotatable bonds is 5. The van der Waals surface area contributed by atoms with E-state index in [9.17, 15) is 14.0 Å². The van der Waals surface area contributed by atoms with Crippen LogP contribution in [0, 0.1) is 19.7 Å². The first-order chi connectivity index (χ1) is 17.4. The van der Waals surface area contributed by atoms with E-state index >= 15 is 0 Å². The van der Waals surface area contributed by atoms with Crippen molar-refractivity contribution < 1.29 is 9.13 Å². The van der Waals surface area contributed by atoms with Crippen molar-refractivity contribution in [3.8, 4) is 17.3 Å². The molecule has 0 aliphatic rings. The number of nitrogens with zero attached hydrogens (tertiary/aromatic N) is 4. The van der Waals surface area contributed by atoms with Crippen molar-refractivity contribution in [1.82, 2.24) is 19.1 Å². The molecular weight excluding hydrogens is 518 g/mol. The molecule has 4 heterocycles. The summed E-state index contributed by atoms with van der Waals surface area (Å²) in [4.78, 5) is 34.9. The predicted molar refractivity (Wildman–Crippen MR) is 142 cm³/mol. The molecule has 4 aromatic rings. The molecule has 7 nitrogen and oxygen atoms in total. The molecule has 0 spiro atoms. The zero-order valence-corrected chi connectivity index (χ0v) is 22.5. The minimum Gasteiger partial charge on any atom is -0.485 e. The van der Waals surface area contributed by atoms with E-state index in [0.717, 1.165) is 12.3 Å². The zero-order valence-electron chi connectivity index (χ0n) is 21.0. The third-order valence-electron chi connectivity index (χ3n) is 5.85. The summed E-state index contributed by atoms with van der Waals surface area (Å²) in [5.41, 5.74) is 1.68. The average Bonchev–Trinajstić information content (AvgIpc) is 2.82. The average molecular weight is 543 g/mol. The Balaban J connectivity index is 1.76. The molecule has 0 saturated heterocycles. The van der Waals surface area contributed by atoms with Gasteiger partial charge in [-0.1, -0.05) is 50.0 Å². The van der Waals surface area contributed by atoms with Gasteiger partial charge in [0, 0.05) is 35.8 Å². The number of ether oxygens (including phenoxy) is 1. The molecule has 4 rings (SSSR count). The van der Waals surface area contributed by atoms with Gasteiger partial charge < -0.3 is 4.74 Å². The molecule has 0 radical (unpaired) electrons. The fourth-order valence-corrected chi connectivity index (χ4v) is 4.30. The Morgan fingerprint density at radius 3 is 2.43 bits per heavy atom. The summed E-state index contributed by atoms with van der Waals surface area (Å²) in [5.74, 6) is -0.0511. The highest BCUT2D eigenvalue weighted by Gasteiger charge is 2.21. The van der Waals surface area contributed by atoms with Gasteiger partial charge in [0.15, 0.2) is 0 Å². The Kier molecular flexibility index (Phi) is 7.26. The zero-order chi connectivity index (χ0) is 27.1. The summed E-state index contributed by atoms with van der Waals surface area (Å²) in [6, 6.07) is 8.02. The van der Waals surface area contributed by atoms with Crippen LogP contribution in [0.3, 0.4) is 0 Å². The third-order valence-corrected chi connectivity index (χ3v) is 6.53. The summed E-state index contributed by atoms with van der Waals surface area (Å²) in [5, 5.41) is -0.0413. The van der Waals surface area contributed by atoms with E-state index in [1.165, 1.54) is 9.13 Å². The van der Waals surface area contributed by atoms with E-state index < -0.39 is 11.4 Å². The van der Waals surface area contributed by atoms with Gasteiger partial charge in [-0.05, 0) is 37.0 Å². The van der Waals surface area contributed by atoms with Gasteiger partial charge in [0.2, 0.25) is 0 Å². The number of aryl methyl sites for hydroxylation is 2. The second kappa shape index (κ2) is 10.1. The Morgan fingerprint density at radius 2 is 1.76 bits per heavy atom. The maximum absolute atomic E-state index is 13.4. The topological polar surface area (TPSA) is 79.0 Å². The Morgan fingerprint density at radius 1 is 1.03 bits per heavy atom. The minimum absolute atomic E-state index is 0.104. The maximum atomic E-state index is 13.4. The first-order valence-electron chi connectivity index (χ1n) is 11.4. The summed E-state index contributed by atoms with van der Waals surface area (Å²) in [6.45, 7) is 9.35. The summed E-state index contributed by atoms with van der Waals surface area (Å²) < 4.78 is 21.9. The van der Waals surface area contributed by atoms with E-state index in [0.29, 0.717) is 34.0 Å². The monoisotopic (exact) mass is 542 g/mol. The molecule has 10 heteroatoms. The van der Waals surface area contributed by atoms with Crippen molar-refractivity contribution in [3.05, 3.63) is 108 Å². The van der Waals surface area contributed by atoms with E-state index in [-0.39, 0.29) is 33.4 Å². The quantitative estimate of drug-likeness (QED) is 0.322. The summed E-state index contributed by atoms with van der Waals surface area (Å²) in [6.07, 6.45) is 4.28. The summed E-state index contributed by atoms with van der Waals surface area (Å²) in [7, 11) is 0. The van der Waals surface area contributed by atoms with Crippen LogP contribution in [0.4, 0.5) is 4.39 Å². The first kappa shape index (κ1) is 26.6. The molecule has 0 saturated carbocycles. The molecule has 0 amide bonds. The van der Waals surface area contributed by atoms with E-state index in [1.54, 1.807) is 43.6 Å². The Hall–Kier alpha value is -3.49. The van der Waals surface area contributed by atoms with Crippen molar-refractivity contribution in [2.75, 3.05) is 0 Å². The molecule has 0 aliphatic heterocycles. The molecule has 0 unspecified atom stereocenters. The number of hydrogen-bond acceptors (Lipinski definition) is 5. The number of halogens is 3. The molecule has 0 aliphatic carbocycles. The van der Waals surface area contributed by atoms with Gasteiger partial charge in [0.25, 0.3) is 11.1 Å². The van der Waals surface area contributed by atoms with Crippen molar-refractivity contribution >= 4 is 23.2 Å². The van der Waals surface area contributed by atoms with Crippen LogP contribution >= 0.6 is 23.2 Å². The highest BCUT2D eigenvalue weighted by molar-refractivity contribution is 6.32. The van der Waals surface area contributed by atoms with Gasteiger partial charge in [-0.2, -0.15) is 0 Å². The SMILES string of the molecule is Cc1cnc(-n2cccc(C(C)(C)C)c2=O)cc1-n1c(C)cc(OCc2ncc(F)cc2Cl)c(Cl)c1=O. The molecule has 37 heavy (non-hydrogen) atoms. The lowest BCUT2D eigenvalue weighted by Gasteiger charge is -2.20. The van der Waals surface area contributed by atoms with Gasteiger partial charge in [-0.25, -0.2) is 9.37 Å². The Labute approximate surface area is 223 Å². The van der Waals surface area contributed by atoms with Crippen LogP contribution in [-0.2, 0) is 12.0 Å². The van der Waals surface area contributed by atoms with Crippen LogP contribution < -0.4 is 15.9 Å². The highest BCUT2D eigenvalue weighted by atomic mass is 35.5. The normalized spacial score (nSPS) is 11.6. The number of pyridine rings is 4. The van der Waals surface area contributed by atoms with Crippen LogP contribution in [0.2, 0.25) is 10.0 Å². The van der Waals surface area contributed by atoms with Crippen LogP contribution in [0.1, 0.15) is 43.3 Å². The largest absolute Gasteiger partial charge is 0.485 e. The highest BCUT2D eigenvalue weighted by Crippen LogP contribution is 2.27. The van der Waals surface area contributed by atoms with E-state index in [2.05, 4.69) is 9.97 Å². The number of aromatic nitrogens is 4. The lowest BCUT2D eigenvalue weighted by atomic mass is 9.88. The second-order valence-corrected chi connectivity index (χ2v) is 10.4. The summed E-state index contributed by atoms with van der Waals surface area (Å²) >= 11 is 12.4. The fourth-order valence-electron chi connectivity index (χ4n) is 3.90. The van der Waals surface area contributed by atoms with Crippen LogP contribution in [0.5, 0.6) is 5.75 Å². The molecular formula is C27H25Cl2FN4O3. The lowest BCUT2D eigenvalue weighted by Crippen LogP contribution is -2.29. The van der Waals surface area contributed by atoms with Gasteiger partial charge >= 0.3 is 0 Å². The fraction of sp³-hybridized carbons (Fsp3) is 0.259. The maximum Gasteiger partial charge on any atom is 0.277 e. The van der Waals surface area contributed by atoms with Crippen LogP contribution in [0.25, 0.3) is 11.5 Å². The van der Waals surface area contributed by atoms with E-state index in [4.69, 9.17) is 27.9 Å². The van der Waals surface area contributed by atoms with Gasteiger partial charge in [0.05, 0.1) is 22.6 Å².